The van der Waals surface area contributed by atoms with E-state index in [1.54, 1.807) is 6.20 Å². The number of nitrogens with two attached hydrogens (primary N) is 1. The van der Waals surface area contributed by atoms with E-state index in [1.165, 1.54) is 0 Å². The van der Waals surface area contributed by atoms with Crippen LogP contribution in [0.3, 0.4) is 0 Å². The Hall–Kier alpha value is -1.57. The standard InChI is InChI=1S/C9H8N2.2C2H6/c10-9-6-11-5-7-3-1-2-4-8(7)9;2*1-2/h1-6H,10H2;2*1-2H3. The number of benzene rings is 1. The van der Waals surface area contributed by atoms with E-state index in [1.807, 2.05) is 58.2 Å². The molecule has 0 fully saturated rings. The number of nitrogens with zero attached hydrogens (tertiary/aromatic N) is 1. The number of hydrogen-bond acceptors (Lipinski definition) is 2. The lowest BCUT2D eigenvalue weighted by Crippen LogP contribution is -1.87. The van der Waals surface area contributed by atoms with Crippen molar-refractivity contribution in [2.75, 3.05) is 5.73 Å². The average molecular weight is 204 g/mol. The number of hydrogen-bond donors (Lipinski definition) is 1. The molecule has 2 heteroatoms. The molecule has 0 atom stereocenters. The Kier molecular flexibility index (Phi) is 6.98. The molecule has 2 nitrogen and oxygen atoms in total. The molecule has 0 spiro atoms. The Labute approximate surface area is 92.1 Å². The summed E-state index contributed by atoms with van der Waals surface area (Å²) in [6, 6.07) is 7.94. The zero-order chi connectivity index (χ0) is 11.7. The topological polar surface area (TPSA) is 38.9 Å². The van der Waals surface area contributed by atoms with E-state index in [-0.39, 0.29) is 0 Å². The number of pyridine rings is 1. The maximum absolute atomic E-state index is 5.69. The summed E-state index contributed by atoms with van der Waals surface area (Å²) in [4.78, 5) is 3.99. The van der Waals surface area contributed by atoms with E-state index < -0.39 is 0 Å². The summed E-state index contributed by atoms with van der Waals surface area (Å²) in [5, 5.41) is 2.16. The van der Waals surface area contributed by atoms with Crippen LogP contribution in [-0.2, 0) is 0 Å². The maximum Gasteiger partial charge on any atom is 0.0580 e. The number of nitrogen functional groups attached to an aromatic ring is 1. The SMILES string of the molecule is CC.CC.Nc1cncc2ccccc12. The van der Waals surface area contributed by atoms with Gasteiger partial charge in [0.15, 0.2) is 0 Å². The van der Waals surface area contributed by atoms with Gasteiger partial charge in [-0.15, -0.1) is 0 Å². The van der Waals surface area contributed by atoms with Gasteiger partial charge in [-0.05, 0) is 0 Å². The molecule has 0 aliphatic rings. The van der Waals surface area contributed by atoms with E-state index >= 15 is 0 Å². The molecule has 2 aromatic rings. The van der Waals surface area contributed by atoms with Crippen LogP contribution in [0.5, 0.6) is 0 Å². The lowest BCUT2D eigenvalue weighted by molar-refractivity contribution is 1.37. The first-order valence-electron chi connectivity index (χ1n) is 5.46. The molecule has 15 heavy (non-hydrogen) atoms. The van der Waals surface area contributed by atoms with Crippen molar-refractivity contribution in [2.45, 2.75) is 27.7 Å². The molecule has 2 rings (SSSR count). The number of fused-ring (bicyclic) bond motifs is 1. The first kappa shape index (κ1) is 13.4. The monoisotopic (exact) mass is 204 g/mol. The van der Waals surface area contributed by atoms with Crippen molar-refractivity contribution in [1.29, 1.82) is 0 Å². The van der Waals surface area contributed by atoms with E-state index in [4.69, 9.17) is 5.73 Å². The summed E-state index contributed by atoms with van der Waals surface area (Å²) in [5.41, 5.74) is 6.43. The van der Waals surface area contributed by atoms with Gasteiger partial charge in [-0.25, -0.2) is 0 Å². The third-order valence-electron chi connectivity index (χ3n) is 1.70. The molecule has 0 radical (unpaired) electrons. The summed E-state index contributed by atoms with van der Waals surface area (Å²) in [5.74, 6) is 0. The van der Waals surface area contributed by atoms with Crippen molar-refractivity contribution in [3.05, 3.63) is 36.7 Å². The van der Waals surface area contributed by atoms with Crippen molar-refractivity contribution in [3.63, 3.8) is 0 Å². The van der Waals surface area contributed by atoms with Crippen LogP contribution < -0.4 is 5.73 Å². The smallest absolute Gasteiger partial charge is 0.0580 e. The lowest BCUT2D eigenvalue weighted by atomic mass is 10.1. The van der Waals surface area contributed by atoms with Gasteiger partial charge in [0.2, 0.25) is 0 Å². The molecule has 0 unspecified atom stereocenters. The molecule has 0 saturated carbocycles. The van der Waals surface area contributed by atoms with Crippen LogP contribution >= 0.6 is 0 Å². The van der Waals surface area contributed by atoms with Crippen LogP contribution in [0.25, 0.3) is 10.8 Å². The second kappa shape index (κ2) is 7.80. The molecule has 0 aliphatic carbocycles. The highest BCUT2D eigenvalue weighted by Crippen LogP contribution is 2.17. The van der Waals surface area contributed by atoms with E-state index in [0.717, 1.165) is 16.5 Å². The zero-order valence-electron chi connectivity index (χ0n) is 9.99. The Morgan fingerprint density at radius 1 is 0.933 bits per heavy atom. The van der Waals surface area contributed by atoms with Gasteiger partial charge >= 0.3 is 0 Å². The highest BCUT2D eigenvalue weighted by Gasteiger charge is 1.93. The fraction of sp³-hybridized carbons (Fsp3) is 0.308. The second-order valence-corrected chi connectivity index (χ2v) is 2.45. The van der Waals surface area contributed by atoms with Crippen molar-refractivity contribution in [3.8, 4) is 0 Å². The minimum atomic E-state index is 0.739. The first-order valence-corrected chi connectivity index (χ1v) is 5.46. The zero-order valence-corrected chi connectivity index (χ0v) is 9.99. The molecule has 1 aromatic carbocycles. The van der Waals surface area contributed by atoms with Crippen molar-refractivity contribution < 1.29 is 0 Å². The van der Waals surface area contributed by atoms with Crippen LogP contribution in [0.1, 0.15) is 27.7 Å². The molecule has 2 N–H and O–H groups in total. The average Bonchev–Trinajstić information content (AvgIpc) is 2.35. The predicted octanol–water partition coefficient (Wildman–Crippen LogP) is 3.87. The van der Waals surface area contributed by atoms with E-state index in [0.29, 0.717) is 0 Å². The minimum absolute atomic E-state index is 0.739. The third kappa shape index (κ3) is 3.58. The summed E-state index contributed by atoms with van der Waals surface area (Å²) in [6.45, 7) is 8.00. The molecule has 1 aromatic heterocycles. The van der Waals surface area contributed by atoms with Gasteiger partial charge in [0, 0.05) is 17.0 Å². The summed E-state index contributed by atoms with van der Waals surface area (Å²) < 4.78 is 0. The Morgan fingerprint density at radius 3 is 2.13 bits per heavy atom. The van der Waals surface area contributed by atoms with Crippen molar-refractivity contribution >= 4 is 16.5 Å². The predicted molar refractivity (Wildman–Crippen MR) is 68.9 cm³/mol. The van der Waals surface area contributed by atoms with Crippen LogP contribution in [0, 0.1) is 0 Å². The second-order valence-electron chi connectivity index (χ2n) is 2.45. The first-order chi connectivity index (χ1) is 7.38. The summed E-state index contributed by atoms with van der Waals surface area (Å²) in [7, 11) is 0. The van der Waals surface area contributed by atoms with E-state index in [2.05, 4.69) is 4.98 Å². The molecular weight excluding hydrogens is 184 g/mol. The number of rotatable bonds is 0. The Morgan fingerprint density at radius 2 is 1.53 bits per heavy atom. The lowest BCUT2D eigenvalue weighted by Gasteiger charge is -1.98. The van der Waals surface area contributed by atoms with E-state index in [9.17, 15) is 0 Å². The Bertz CT molecular complexity index is 378. The molecule has 82 valence electrons. The highest BCUT2D eigenvalue weighted by molar-refractivity contribution is 5.91. The maximum atomic E-state index is 5.69. The molecule has 1 heterocycles. The molecule has 0 aliphatic heterocycles. The third-order valence-corrected chi connectivity index (χ3v) is 1.70. The molecule has 0 saturated heterocycles. The van der Waals surface area contributed by atoms with Crippen LogP contribution in [0.4, 0.5) is 5.69 Å². The normalized spacial score (nSPS) is 8.27. The quantitative estimate of drug-likeness (QED) is 0.707. The van der Waals surface area contributed by atoms with Gasteiger partial charge < -0.3 is 5.73 Å². The molecule has 0 amide bonds. The van der Waals surface area contributed by atoms with Gasteiger partial charge in [0.1, 0.15) is 0 Å². The number of aromatic nitrogens is 1. The highest BCUT2D eigenvalue weighted by atomic mass is 14.7. The molecular formula is C13H20N2. The van der Waals surface area contributed by atoms with Crippen LogP contribution in [0.2, 0.25) is 0 Å². The largest absolute Gasteiger partial charge is 0.397 e. The Balaban J connectivity index is 0.000000442. The summed E-state index contributed by atoms with van der Waals surface area (Å²) in [6.07, 6.45) is 3.48. The van der Waals surface area contributed by atoms with Gasteiger partial charge in [0.25, 0.3) is 0 Å². The van der Waals surface area contributed by atoms with Crippen molar-refractivity contribution in [1.82, 2.24) is 4.98 Å². The van der Waals surface area contributed by atoms with Gasteiger partial charge in [-0.3, -0.25) is 4.98 Å². The van der Waals surface area contributed by atoms with Gasteiger partial charge in [0.05, 0.1) is 11.9 Å². The fourth-order valence-corrected chi connectivity index (χ4v) is 1.14. The molecule has 0 bridgehead atoms. The summed E-state index contributed by atoms with van der Waals surface area (Å²) >= 11 is 0. The van der Waals surface area contributed by atoms with Crippen LogP contribution in [0.15, 0.2) is 36.7 Å². The van der Waals surface area contributed by atoms with Crippen LogP contribution in [-0.4, -0.2) is 4.98 Å². The van der Waals surface area contributed by atoms with Crippen molar-refractivity contribution in [2.24, 2.45) is 0 Å². The van der Waals surface area contributed by atoms with Gasteiger partial charge in [-0.2, -0.15) is 0 Å². The van der Waals surface area contributed by atoms with Gasteiger partial charge in [-0.1, -0.05) is 52.0 Å². The fourth-order valence-electron chi connectivity index (χ4n) is 1.14. The minimum Gasteiger partial charge on any atom is -0.397 e. The number of anilines is 1.